The summed E-state index contributed by atoms with van der Waals surface area (Å²) in [5.74, 6) is -1.48. The Labute approximate surface area is 171 Å². The van der Waals surface area contributed by atoms with Gasteiger partial charge in [0.05, 0.1) is 12.7 Å². The standard InChI is InChI=1S/C17H27NO2.C4H4O4.H2O/c1-18(2)13-16(17(19)11-5-4-6-12-17)14-7-9-15(20-3)10-8-14;5-3(6)1-2-4(7)8;/h7-10,16,19H,4-6,11-13H2,1-3H3;1-2H,(H,5,6)(H,7,8);1H2/b;2-1+;. The Balaban J connectivity index is 0.000000747. The lowest BCUT2D eigenvalue weighted by atomic mass is 9.72. The average molecular weight is 411 g/mol. The lowest BCUT2D eigenvalue weighted by Gasteiger charge is -2.40. The average Bonchev–Trinajstić information content (AvgIpc) is 2.65. The van der Waals surface area contributed by atoms with Crippen LogP contribution in [-0.4, -0.2) is 71.0 Å². The van der Waals surface area contributed by atoms with Crippen molar-refractivity contribution in [1.82, 2.24) is 4.90 Å². The second kappa shape index (κ2) is 12.9. The van der Waals surface area contributed by atoms with E-state index in [1.54, 1.807) is 7.11 Å². The normalized spacial score (nSPS) is 16.3. The first kappa shape index (κ1) is 26.6. The number of hydrogen-bond donors (Lipinski definition) is 3. The molecule has 1 unspecified atom stereocenters. The van der Waals surface area contributed by atoms with Gasteiger partial charge in [-0.25, -0.2) is 9.59 Å². The Morgan fingerprint density at radius 2 is 1.55 bits per heavy atom. The van der Waals surface area contributed by atoms with Gasteiger partial charge in [0, 0.05) is 24.6 Å². The minimum absolute atomic E-state index is 0. The Morgan fingerprint density at radius 1 is 1.07 bits per heavy atom. The van der Waals surface area contributed by atoms with Gasteiger partial charge in [-0.15, -0.1) is 0 Å². The third kappa shape index (κ3) is 9.56. The van der Waals surface area contributed by atoms with Crippen molar-refractivity contribution in [2.24, 2.45) is 0 Å². The molecule has 164 valence electrons. The van der Waals surface area contributed by atoms with Gasteiger partial charge in [-0.2, -0.15) is 0 Å². The molecule has 0 radical (unpaired) electrons. The van der Waals surface area contributed by atoms with Crippen LogP contribution < -0.4 is 4.74 Å². The maximum atomic E-state index is 11.1. The van der Waals surface area contributed by atoms with Gasteiger partial charge in [0.15, 0.2) is 0 Å². The molecule has 1 atom stereocenters. The summed E-state index contributed by atoms with van der Waals surface area (Å²) in [6.07, 6.45) is 6.46. The summed E-state index contributed by atoms with van der Waals surface area (Å²) in [6, 6.07) is 8.17. The fraction of sp³-hybridized carbons (Fsp3) is 0.524. The molecule has 0 aliphatic heterocycles. The SMILES string of the molecule is COc1ccc(C(CN(C)C)C2(O)CCCCC2)cc1.O.O=C(O)/C=C/C(=O)O. The third-order valence-corrected chi connectivity index (χ3v) is 4.80. The van der Waals surface area contributed by atoms with Crippen LogP contribution in [0, 0.1) is 0 Å². The Bertz CT molecular complexity index is 633. The van der Waals surface area contributed by atoms with Crippen LogP contribution in [0.4, 0.5) is 0 Å². The quantitative estimate of drug-likeness (QED) is 0.583. The molecule has 1 saturated carbocycles. The first-order valence-electron chi connectivity index (χ1n) is 9.33. The van der Waals surface area contributed by atoms with E-state index in [0.717, 1.165) is 38.0 Å². The summed E-state index contributed by atoms with van der Waals surface area (Å²) in [7, 11) is 5.83. The van der Waals surface area contributed by atoms with Gasteiger partial charge in [-0.3, -0.25) is 0 Å². The number of carboxylic acids is 2. The second-order valence-corrected chi connectivity index (χ2v) is 7.26. The smallest absolute Gasteiger partial charge is 0.328 e. The molecule has 8 nitrogen and oxygen atoms in total. The van der Waals surface area contributed by atoms with Crippen molar-refractivity contribution < 1.29 is 35.1 Å². The molecule has 2 rings (SSSR count). The summed E-state index contributed by atoms with van der Waals surface area (Å²) in [5, 5.41) is 26.7. The summed E-state index contributed by atoms with van der Waals surface area (Å²) < 4.78 is 5.23. The van der Waals surface area contributed by atoms with Crippen molar-refractivity contribution >= 4 is 11.9 Å². The summed E-state index contributed by atoms with van der Waals surface area (Å²) in [5.41, 5.74) is 0.654. The zero-order valence-corrected chi connectivity index (χ0v) is 17.3. The zero-order valence-electron chi connectivity index (χ0n) is 17.3. The molecule has 1 aromatic rings. The monoisotopic (exact) mass is 411 g/mol. The lowest BCUT2D eigenvalue weighted by Crippen LogP contribution is -2.42. The lowest BCUT2D eigenvalue weighted by molar-refractivity contribution is -0.134. The van der Waals surface area contributed by atoms with Crippen LogP contribution in [-0.2, 0) is 9.59 Å². The van der Waals surface area contributed by atoms with Crippen molar-refractivity contribution in [3.05, 3.63) is 42.0 Å². The van der Waals surface area contributed by atoms with E-state index in [-0.39, 0.29) is 11.4 Å². The highest BCUT2D eigenvalue weighted by Gasteiger charge is 2.38. The largest absolute Gasteiger partial charge is 0.497 e. The first-order valence-corrected chi connectivity index (χ1v) is 9.33. The van der Waals surface area contributed by atoms with E-state index < -0.39 is 17.5 Å². The van der Waals surface area contributed by atoms with Gasteiger partial charge >= 0.3 is 11.9 Å². The van der Waals surface area contributed by atoms with E-state index in [9.17, 15) is 14.7 Å². The molecule has 0 heterocycles. The predicted molar refractivity (Wildman–Crippen MR) is 110 cm³/mol. The molecule has 0 aromatic heterocycles. The molecule has 0 spiro atoms. The minimum atomic E-state index is -1.26. The number of aliphatic hydroxyl groups is 1. The van der Waals surface area contributed by atoms with Crippen LogP contribution in [0.3, 0.4) is 0 Å². The predicted octanol–water partition coefficient (Wildman–Crippen LogP) is 1.92. The van der Waals surface area contributed by atoms with Gasteiger partial charge < -0.3 is 30.4 Å². The Kier molecular flexibility index (Phi) is 11.8. The molecule has 0 bridgehead atoms. The molecule has 1 aromatic carbocycles. The number of rotatable bonds is 7. The van der Waals surface area contributed by atoms with Crippen LogP contribution in [0.5, 0.6) is 5.75 Å². The molecule has 0 amide bonds. The highest BCUT2D eigenvalue weighted by molar-refractivity contribution is 5.89. The molecule has 5 N–H and O–H groups in total. The molecule has 1 aliphatic rings. The van der Waals surface area contributed by atoms with Crippen molar-refractivity contribution in [3.63, 3.8) is 0 Å². The van der Waals surface area contributed by atoms with Crippen LogP contribution in [0.25, 0.3) is 0 Å². The van der Waals surface area contributed by atoms with E-state index in [2.05, 4.69) is 31.1 Å². The van der Waals surface area contributed by atoms with Gasteiger partial charge in [0.25, 0.3) is 0 Å². The summed E-state index contributed by atoms with van der Waals surface area (Å²) in [6.45, 7) is 0.878. The molecule has 0 saturated heterocycles. The van der Waals surface area contributed by atoms with Gasteiger partial charge in [0.1, 0.15) is 5.75 Å². The van der Waals surface area contributed by atoms with Crippen LogP contribution >= 0.6 is 0 Å². The van der Waals surface area contributed by atoms with E-state index in [4.69, 9.17) is 14.9 Å². The maximum absolute atomic E-state index is 11.1. The Hall–Kier alpha value is -2.42. The molecule has 8 heteroatoms. The number of benzene rings is 1. The van der Waals surface area contributed by atoms with E-state index >= 15 is 0 Å². The summed E-state index contributed by atoms with van der Waals surface area (Å²) >= 11 is 0. The topological polar surface area (TPSA) is 139 Å². The number of hydrogen-bond acceptors (Lipinski definition) is 5. The van der Waals surface area contributed by atoms with Crippen LogP contribution in [0.15, 0.2) is 36.4 Å². The first-order chi connectivity index (χ1) is 13.2. The zero-order chi connectivity index (χ0) is 21.2. The number of ether oxygens (including phenoxy) is 1. The van der Waals surface area contributed by atoms with Crippen molar-refractivity contribution in [1.29, 1.82) is 0 Å². The number of likely N-dealkylation sites (N-methyl/N-ethyl adjacent to an activating group) is 1. The molecule has 29 heavy (non-hydrogen) atoms. The second-order valence-electron chi connectivity index (χ2n) is 7.26. The van der Waals surface area contributed by atoms with Crippen molar-refractivity contribution in [3.8, 4) is 5.75 Å². The minimum Gasteiger partial charge on any atom is -0.497 e. The maximum Gasteiger partial charge on any atom is 0.328 e. The van der Waals surface area contributed by atoms with Crippen LogP contribution in [0.1, 0.15) is 43.6 Å². The number of aliphatic carboxylic acids is 2. The highest BCUT2D eigenvalue weighted by Crippen LogP contribution is 2.40. The Morgan fingerprint density at radius 3 is 1.93 bits per heavy atom. The van der Waals surface area contributed by atoms with Gasteiger partial charge in [0.2, 0.25) is 0 Å². The van der Waals surface area contributed by atoms with Crippen molar-refractivity contribution in [2.75, 3.05) is 27.7 Å². The van der Waals surface area contributed by atoms with Crippen molar-refractivity contribution in [2.45, 2.75) is 43.6 Å². The molecular weight excluding hydrogens is 378 g/mol. The van der Waals surface area contributed by atoms with Gasteiger partial charge in [-0.1, -0.05) is 31.4 Å². The van der Waals surface area contributed by atoms with E-state index in [0.29, 0.717) is 12.2 Å². The summed E-state index contributed by atoms with van der Waals surface area (Å²) in [4.78, 5) is 21.3. The molecule has 1 aliphatic carbocycles. The van der Waals surface area contributed by atoms with E-state index in [1.165, 1.54) is 12.0 Å². The number of carbonyl (C=O) groups is 2. The fourth-order valence-electron chi connectivity index (χ4n) is 3.44. The molecule has 1 fully saturated rings. The highest BCUT2D eigenvalue weighted by atomic mass is 16.5. The van der Waals surface area contributed by atoms with E-state index in [1.807, 2.05) is 12.1 Å². The fourth-order valence-corrected chi connectivity index (χ4v) is 3.44. The number of carboxylic acid groups (broad SMARTS) is 2. The number of methoxy groups -OCH3 is 1. The van der Waals surface area contributed by atoms with Gasteiger partial charge in [-0.05, 0) is 44.6 Å². The number of nitrogens with zero attached hydrogens (tertiary/aromatic N) is 1. The van der Waals surface area contributed by atoms with Crippen LogP contribution in [0.2, 0.25) is 0 Å². The molecular formula is C21H33NO7. The third-order valence-electron chi connectivity index (χ3n) is 4.80.